The molecule has 2 rings (SSSR count). The smallest absolute Gasteiger partial charge is 0.128 e. The fourth-order valence-electron chi connectivity index (χ4n) is 4.77. The zero-order valence-electron chi connectivity index (χ0n) is 22.4. The molecule has 1 aliphatic heterocycles. The van der Waals surface area contributed by atoms with Crippen LogP contribution >= 0.6 is 14.3 Å². The molecule has 34 heavy (non-hydrogen) atoms. The standard InChI is InChI=1S/C29H59B2NP2/c1-28(2,3)33(30)22-17-15-13-11-9-7-8-10-12-14-16-18-23-34(31,29(4,5)6)25-27-21-19-20-26(24-33)32-27/h19-21H,7-18,22-25H2,1-6,30-31H3. The number of hydrogen-bond acceptors (Lipinski definition) is 1. The van der Waals surface area contributed by atoms with Crippen LogP contribution in [0, 0.1) is 0 Å². The molecule has 1 aliphatic rings. The summed E-state index contributed by atoms with van der Waals surface area (Å²) in [6.45, 7) is 15.4. The van der Waals surface area contributed by atoms with Gasteiger partial charge in [0.2, 0.25) is 0 Å². The number of rotatable bonds is 0. The van der Waals surface area contributed by atoms with Crippen LogP contribution in [0.2, 0.25) is 0 Å². The topological polar surface area (TPSA) is 12.9 Å². The van der Waals surface area contributed by atoms with Crippen molar-refractivity contribution in [1.29, 1.82) is 0 Å². The highest BCUT2D eigenvalue weighted by atomic mass is 31.2. The third-order valence-electron chi connectivity index (χ3n) is 7.07. The van der Waals surface area contributed by atoms with E-state index in [0.717, 1.165) is 0 Å². The average molecular weight is 505 g/mol. The van der Waals surface area contributed by atoms with E-state index >= 15 is 0 Å². The maximum atomic E-state index is 5.43. The molecule has 2 unspecified atom stereocenters. The van der Waals surface area contributed by atoms with E-state index in [1.54, 1.807) is 12.3 Å². The van der Waals surface area contributed by atoms with Crippen molar-refractivity contribution < 1.29 is 0 Å². The van der Waals surface area contributed by atoms with Gasteiger partial charge in [-0.05, 0) is 66.5 Å². The minimum absolute atomic E-state index is 0.333. The first-order valence-corrected chi connectivity index (χ1v) is 17.0. The number of nitrogens with zero attached hydrogens (tertiary/aromatic N) is 1. The van der Waals surface area contributed by atoms with Crippen LogP contribution in [0.5, 0.6) is 0 Å². The monoisotopic (exact) mass is 505 g/mol. The minimum Gasteiger partial charge on any atom is -0.251 e. The molecule has 1 aromatic heterocycles. The predicted molar refractivity (Wildman–Crippen MR) is 170 cm³/mol. The zero-order valence-corrected chi connectivity index (χ0v) is 24.2. The fraction of sp³-hybridized carbons (Fsp3) is 0.828. The van der Waals surface area contributed by atoms with Crippen molar-refractivity contribution in [2.45, 2.75) is 141 Å². The molecule has 0 aromatic carbocycles. The summed E-state index contributed by atoms with van der Waals surface area (Å²) in [7, 11) is -1.02. The molecule has 0 radical (unpaired) electrons. The first kappa shape index (κ1) is 30.4. The van der Waals surface area contributed by atoms with E-state index in [4.69, 9.17) is 4.98 Å². The average Bonchev–Trinajstić information content (AvgIpc) is 2.72. The van der Waals surface area contributed by atoms with Gasteiger partial charge in [0.25, 0.3) is 0 Å². The molecule has 196 valence electrons. The van der Waals surface area contributed by atoms with Crippen LogP contribution in [-0.2, 0) is 12.3 Å². The molecule has 0 amide bonds. The Morgan fingerprint density at radius 1 is 0.559 bits per heavy atom. The first-order valence-electron chi connectivity index (χ1n) is 13.6. The molecule has 2 atom stereocenters. The van der Waals surface area contributed by atoms with Crippen LogP contribution < -0.4 is 0 Å². The van der Waals surface area contributed by atoms with Crippen LogP contribution in [0.3, 0.4) is 0 Å². The van der Waals surface area contributed by atoms with E-state index in [2.05, 4.69) is 59.7 Å². The maximum Gasteiger partial charge on any atom is 0.128 e. The number of hydrogen-bond donors (Lipinski definition) is 0. The van der Waals surface area contributed by atoms with Crippen LogP contribution in [-0.4, -0.2) is 42.8 Å². The van der Waals surface area contributed by atoms with Crippen molar-refractivity contribution in [2.75, 3.05) is 12.3 Å². The second-order valence-corrected chi connectivity index (χ2v) is 18.4. The molecule has 5 heteroatoms. The van der Waals surface area contributed by atoms with Crippen molar-refractivity contribution in [3.63, 3.8) is 0 Å². The van der Waals surface area contributed by atoms with Crippen LogP contribution in [0.15, 0.2) is 18.2 Å². The second-order valence-electron chi connectivity index (χ2n) is 12.0. The molecule has 1 aromatic rings. The van der Waals surface area contributed by atoms with Crippen molar-refractivity contribution in [3.05, 3.63) is 29.6 Å². The highest BCUT2D eigenvalue weighted by Crippen LogP contribution is 2.68. The molecule has 0 spiro atoms. The van der Waals surface area contributed by atoms with Gasteiger partial charge in [0, 0.05) is 22.6 Å². The molecule has 0 aliphatic carbocycles. The van der Waals surface area contributed by atoms with Crippen LogP contribution in [0.4, 0.5) is 0 Å². The largest absolute Gasteiger partial charge is 0.251 e. The molecule has 0 saturated carbocycles. The summed E-state index contributed by atoms with van der Waals surface area (Å²) in [5, 5.41) is 1.04. The van der Waals surface area contributed by atoms with E-state index in [-0.39, 0.29) is 0 Å². The Labute approximate surface area is 217 Å². The number of pyridine rings is 1. The molecular formula is C29H59B2NP2. The van der Waals surface area contributed by atoms with Gasteiger partial charge in [-0.25, -0.2) is 0 Å². The molecule has 1 nitrogen and oxygen atoms in total. The van der Waals surface area contributed by atoms with Gasteiger partial charge in [-0.1, -0.05) is 70.3 Å². The summed E-state index contributed by atoms with van der Waals surface area (Å²) in [4.78, 5) is 5.43. The summed E-state index contributed by atoms with van der Waals surface area (Å²) < 4.78 is 0. The molecule has 2 bridgehead atoms. The fourth-order valence-corrected chi connectivity index (χ4v) is 9.72. The maximum absolute atomic E-state index is 5.43. The SMILES string of the molecule is [BH3-][P+]1(C(C)(C)C)CCCCCCCCCCCCCC[P+]([BH3-])(C(C)(C)C)Cc2cccc(n2)C1. The van der Waals surface area contributed by atoms with Gasteiger partial charge < -0.3 is 0 Å². The van der Waals surface area contributed by atoms with Gasteiger partial charge in [-0.2, -0.15) is 0 Å². The van der Waals surface area contributed by atoms with Crippen molar-refractivity contribution >= 4 is 29.4 Å². The Kier molecular flexibility index (Phi) is 12.2. The van der Waals surface area contributed by atoms with E-state index in [9.17, 15) is 0 Å². The quantitative estimate of drug-likeness (QED) is 0.258. The first-order chi connectivity index (χ1) is 15.9. The van der Waals surface area contributed by atoms with Crippen LogP contribution in [0.1, 0.15) is 130 Å². The lowest BCUT2D eigenvalue weighted by Gasteiger charge is -2.43. The van der Waals surface area contributed by atoms with E-state index in [0.29, 0.717) is 25.4 Å². The van der Waals surface area contributed by atoms with Crippen molar-refractivity contribution in [3.8, 4) is 0 Å². The molecule has 0 fully saturated rings. The molecule has 2 heterocycles. The van der Waals surface area contributed by atoms with Crippen molar-refractivity contribution in [1.82, 2.24) is 4.98 Å². The Hall–Kier alpha value is 0.140. The zero-order chi connectivity index (χ0) is 25.3. The van der Waals surface area contributed by atoms with E-state index in [1.807, 2.05) is 0 Å². The van der Waals surface area contributed by atoms with Gasteiger partial charge in [0.05, 0.1) is 23.7 Å². The summed E-state index contributed by atoms with van der Waals surface area (Å²) in [5.74, 6) is 0. The lowest BCUT2D eigenvalue weighted by atomic mass is 10.1. The lowest BCUT2D eigenvalue weighted by molar-refractivity contribution is 0.548. The lowest BCUT2D eigenvalue weighted by Crippen LogP contribution is -2.26. The van der Waals surface area contributed by atoms with Gasteiger partial charge in [0.1, 0.15) is 15.1 Å². The summed E-state index contributed by atoms with van der Waals surface area (Å²) in [6, 6.07) is 7.15. The van der Waals surface area contributed by atoms with E-state index < -0.39 is 14.3 Å². The minimum atomic E-state index is -0.842. The Bertz CT molecular complexity index is 670. The summed E-state index contributed by atoms with van der Waals surface area (Å²) in [6.07, 6.45) is 23.5. The Balaban J connectivity index is 2.24. The third kappa shape index (κ3) is 9.55. The Morgan fingerprint density at radius 3 is 1.15 bits per heavy atom. The Morgan fingerprint density at radius 2 is 0.853 bits per heavy atom. The predicted octanol–water partition coefficient (Wildman–Crippen LogP) is 7.97. The molecular weight excluding hydrogens is 446 g/mol. The van der Waals surface area contributed by atoms with Crippen LogP contribution in [0.25, 0.3) is 0 Å². The third-order valence-corrected chi connectivity index (χ3v) is 14.0. The van der Waals surface area contributed by atoms with Crippen molar-refractivity contribution in [2.24, 2.45) is 0 Å². The van der Waals surface area contributed by atoms with Gasteiger partial charge in [-0.15, -0.1) is 14.3 Å². The van der Waals surface area contributed by atoms with Gasteiger partial charge >= 0.3 is 0 Å². The normalized spacial score (nSPS) is 28.1. The number of aromatic nitrogens is 1. The highest BCUT2D eigenvalue weighted by Gasteiger charge is 2.39. The summed E-state index contributed by atoms with van der Waals surface area (Å²) >= 11 is 0. The highest BCUT2D eigenvalue weighted by molar-refractivity contribution is 7.98. The summed E-state index contributed by atoms with van der Waals surface area (Å²) in [5.41, 5.74) is 2.92. The molecule has 0 saturated heterocycles. The van der Waals surface area contributed by atoms with Gasteiger partial charge in [-0.3, -0.25) is 4.98 Å². The second kappa shape index (κ2) is 13.6. The van der Waals surface area contributed by atoms with Gasteiger partial charge in [0.15, 0.2) is 0 Å². The number of fused-ring (bicyclic) bond motifs is 2. The van der Waals surface area contributed by atoms with E-state index in [1.165, 1.54) is 101 Å². The molecule has 0 N–H and O–H groups in total.